The summed E-state index contributed by atoms with van der Waals surface area (Å²) in [6.45, 7) is 15.5. The first-order chi connectivity index (χ1) is 9.65. The zero-order valence-electron chi connectivity index (χ0n) is 13.9. The summed E-state index contributed by atoms with van der Waals surface area (Å²) in [7, 11) is 0. The Morgan fingerprint density at radius 1 is 1.30 bits per heavy atom. The summed E-state index contributed by atoms with van der Waals surface area (Å²) in [6.07, 6.45) is 3.79. The summed E-state index contributed by atoms with van der Waals surface area (Å²) in [5.41, 5.74) is 0. The summed E-state index contributed by atoms with van der Waals surface area (Å²) in [4.78, 5) is 7.27. The largest absolute Gasteiger partial charge is 0.357 e. The SMILES string of the molecule is CCNC(=NCC1CCN(CC)C1)NCCCC(C)C. The Labute approximate surface area is 125 Å². The number of rotatable bonds is 8. The van der Waals surface area contributed by atoms with Crippen LogP contribution in [0.25, 0.3) is 0 Å². The molecule has 20 heavy (non-hydrogen) atoms. The third-order valence-electron chi connectivity index (χ3n) is 3.92. The van der Waals surface area contributed by atoms with Gasteiger partial charge in [0.1, 0.15) is 0 Å². The summed E-state index contributed by atoms with van der Waals surface area (Å²) < 4.78 is 0. The van der Waals surface area contributed by atoms with E-state index in [4.69, 9.17) is 4.99 Å². The van der Waals surface area contributed by atoms with Crippen molar-refractivity contribution < 1.29 is 0 Å². The van der Waals surface area contributed by atoms with E-state index in [2.05, 4.69) is 43.2 Å². The molecule has 1 unspecified atom stereocenters. The Kier molecular flexibility index (Phi) is 8.67. The lowest BCUT2D eigenvalue weighted by molar-refractivity contribution is 0.343. The van der Waals surface area contributed by atoms with Crippen LogP contribution in [-0.2, 0) is 0 Å². The van der Waals surface area contributed by atoms with Crippen LogP contribution in [0.1, 0.15) is 47.0 Å². The molecule has 1 aliphatic rings. The van der Waals surface area contributed by atoms with Crippen molar-refractivity contribution in [1.82, 2.24) is 15.5 Å². The lowest BCUT2D eigenvalue weighted by Crippen LogP contribution is -2.38. The second kappa shape index (κ2) is 10.0. The average Bonchev–Trinajstić information content (AvgIpc) is 2.88. The molecule has 0 spiro atoms. The molecule has 118 valence electrons. The molecule has 0 aromatic rings. The van der Waals surface area contributed by atoms with Gasteiger partial charge in [0.25, 0.3) is 0 Å². The van der Waals surface area contributed by atoms with Crippen molar-refractivity contribution in [1.29, 1.82) is 0 Å². The molecular formula is C16H34N4. The number of aliphatic imine (C=N–C) groups is 1. The van der Waals surface area contributed by atoms with E-state index in [0.717, 1.165) is 37.4 Å². The van der Waals surface area contributed by atoms with Gasteiger partial charge < -0.3 is 15.5 Å². The summed E-state index contributed by atoms with van der Waals surface area (Å²) in [6, 6.07) is 0. The van der Waals surface area contributed by atoms with Gasteiger partial charge in [-0.25, -0.2) is 0 Å². The fraction of sp³-hybridized carbons (Fsp3) is 0.938. The summed E-state index contributed by atoms with van der Waals surface area (Å²) >= 11 is 0. The monoisotopic (exact) mass is 282 g/mol. The molecule has 4 heteroatoms. The minimum atomic E-state index is 0.737. The number of guanidine groups is 1. The lowest BCUT2D eigenvalue weighted by atomic mass is 10.1. The highest BCUT2D eigenvalue weighted by Gasteiger charge is 2.20. The van der Waals surface area contributed by atoms with Gasteiger partial charge >= 0.3 is 0 Å². The van der Waals surface area contributed by atoms with Crippen molar-refractivity contribution in [3.05, 3.63) is 0 Å². The Balaban J connectivity index is 2.27. The summed E-state index contributed by atoms with van der Waals surface area (Å²) in [5.74, 6) is 2.52. The Morgan fingerprint density at radius 2 is 2.10 bits per heavy atom. The van der Waals surface area contributed by atoms with Crippen LogP contribution in [-0.4, -0.2) is 50.1 Å². The van der Waals surface area contributed by atoms with Gasteiger partial charge in [-0.05, 0) is 51.1 Å². The average molecular weight is 282 g/mol. The van der Waals surface area contributed by atoms with Crippen LogP contribution in [0, 0.1) is 11.8 Å². The third kappa shape index (κ3) is 7.13. The first kappa shape index (κ1) is 17.3. The third-order valence-corrected chi connectivity index (χ3v) is 3.92. The maximum Gasteiger partial charge on any atom is 0.191 e. The Bertz CT molecular complexity index is 276. The molecule has 1 rings (SSSR count). The number of likely N-dealkylation sites (tertiary alicyclic amines) is 1. The predicted octanol–water partition coefficient (Wildman–Crippen LogP) is 2.32. The molecule has 1 atom stereocenters. The molecule has 1 heterocycles. The maximum absolute atomic E-state index is 4.75. The normalized spacial score (nSPS) is 20.6. The zero-order chi connectivity index (χ0) is 14.8. The second-order valence-corrected chi connectivity index (χ2v) is 6.23. The van der Waals surface area contributed by atoms with Gasteiger partial charge in [0.05, 0.1) is 0 Å². The van der Waals surface area contributed by atoms with Crippen molar-refractivity contribution in [3.8, 4) is 0 Å². The van der Waals surface area contributed by atoms with Crippen molar-refractivity contribution in [2.75, 3.05) is 39.3 Å². The molecule has 2 N–H and O–H groups in total. The molecule has 0 aromatic carbocycles. The number of hydrogen-bond donors (Lipinski definition) is 2. The van der Waals surface area contributed by atoms with E-state index in [0.29, 0.717) is 0 Å². The highest BCUT2D eigenvalue weighted by atomic mass is 15.2. The molecule has 0 saturated carbocycles. The van der Waals surface area contributed by atoms with Gasteiger partial charge in [-0.1, -0.05) is 20.8 Å². The van der Waals surface area contributed by atoms with E-state index < -0.39 is 0 Å². The Hall–Kier alpha value is -0.770. The minimum Gasteiger partial charge on any atom is -0.357 e. The fourth-order valence-electron chi connectivity index (χ4n) is 2.63. The highest BCUT2D eigenvalue weighted by molar-refractivity contribution is 5.79. The van der Waals surface area contributed by atoms with Crippen LogP contribution in [0.15, 0.2) is 4.99 Å². The van der Waals surface area contributed by atoms with Gasteiger partial charge in [-0.3, -0.25) is 4.99 Å². The molecule has 1 saturated heterocycles. The van der Waals surface area contributed by atoms with Crippen molar-refractivity contribution in [3.63, 3.8) is 0 Å². The minimum absolute atomic E-state index is 0.737. The predicted molar refractivity (Wildman–Crippen MR) is 88.3 cm³/mol. The molecule has 0 radical (unpaired) electrons. The van der Waals surface area contributed by atoms with Crippen molar-refractivity contribution in [2.45, 2.75) is 47.0 Å². The quantitative estimate of drug-likeness (QED) is 0.408. The van der Waals surface area contributed by atoms with E-state index in [1.165, 1.54) is 38.9 Å². The molecule has 0 aliphatic carbocycles. The van der Waals surface area contributed by atoms with Crippen molar-refractivity contribution in [2.24, 2.45) is 16.8 Å². The molecule has 0 aromatic heterocycles. The van der Waals surface area contributed by atoms with Crippen LogP contribution >= 0.6 is 0 Å². The maximum atomic E-state index is 4.75. The molecule has 0 amide bonds. The van der Waals surface area contributed by atoms with E-state index in [1.54, 1.807) is 0 Å². The van der Waals surface area contributed by atoms with Crippen LogP contribution in [0.5, 0.6) is 0 Å². The van der Waals surface area contributed by atoms with E-state index in [9.17, 15) is 0 Å². The zero-order valence-corrected chi connectivity index (χ0v) is 13.9. The fourth-order valence-corrected chi connectivity index (χ4v) is 2.63. The molecule has 0 bridgehead atoms. The van der Waals surface area contributed by atoms with Gasteiger partial charge in [0.2, 0.25) is 0 Å². The van der Waals surface area contributed by atoms with E-state index in [-0.39, 0.29) is 0 Å². The Morgan fingerprint density at radius 3 is 2.70 bits per heavy atom. The molecule has 1 fully saturated rings. The second-order valence-electron chi connectivity index (χ2n) is 6.23. The van der Waals surface area contributed by atoms with Gasteiger partial charge in [0.15, 0.2) is 5.96 Å². The highest BCUT2D eigenvalue weighted by Crippen LogP contribution is 2.15. The van der Waals surface area contributed by atoms with Crippen LogP contribution in [0.2, 0.25) is 0 Å². The number of nitrogens with zero attached hydrogens (tertiary/aromatic N) is 2. The van der Waals surface area contributed by atoms with Gasteiger partial charge in [-0.2, -0.15) is 0 Å². The van der Waals surface area contributed by atoms with Gasteiger partial charge in [-0.15, -0.1) is 0 Å². The van der Waals surface area contributed by atoms with Crippen molar-refractivity contribution >= 4 is 5.96 Å². The lowest BCUT2D eigenvalue weighted by Gasteiger charge is -2.14. The van der Waals surface area contributed by atoms with Crippen LogP contribution in [0.4, 0.5) is 0 Å². The topological polar surface area (TPSA) is 39.7 Å². The number of hydrogen-bond acceptors (Lipinski definition) is 2. The van der Waals surface area contributed by atoms with Crippen LogP contribution in [0.3, 0.4) is 0 Å². The smallest absolute Gasteiger partial charge is 0.191 e. The standard InChI is InChI=1S/C16H34N4/c1-5-17-16(18-10-7-8-14(3)4)19-12-15-9-11-20(6-2)13-15/h14-15H,5-13H2,1-4H3,(H2,17,18,19). The molecule has 4 nitrogen and oxygen atoms in total. The summed E-state index contributed by atoms with van der Waals surface area (Å²) in [5, 5.41) is 6.80. The van der Waals surface area contributed by atoms with E-state index >= 15 is 0 Å². The van der Waals surface area contributed by atoms with Crippen LogP contribution < -0.4 is 10.6 Å². The number of nitrogens with one attached hydrogen (secondary N) is 2. The van der Waals surface area contributed by atoms with Gasteiger partial charge in [0, 0.05) is 26.2 Å². The first-order valence-corrected chi connectivity index (χ1v) is 8.40. The molecule has 1 aliphatic heterocycles. The molecular weight excluding hydrogens is 248 g/mol. The first-order valence-electron chi connectivity index (χ1n) is 8.40. The van der Waals surface area contributed by atoms with E-state index in [1.807, 2.05) is 0 Å².